The molecule has 3 heterocycles. The Morgan fingerprint density at radius 1 is 1.04 bits per heavy atom. The third-order valence-corrected chi connectivity index (χ3v) is 5.44. The quantitative estimate of drug-likeness (QED) is 0.681. The van der Waals surface area contributed by atoms with Gasteiger partial charge in [-0.15, -0.1) is 0 Å². The molecule has 7 heteroatoms. The minimum Gasteiger partial charge on any atom is -0.282 e. The van der Waals surface area contributed by atoms with Gasteiger partial charge in [-0.05, 0) is 46.3 Å². The zero-order chi connectivity index (χ0) is 19.1. The number of fused-ring (bicyclic) bond motifs is 2. The Hall–Kier alpha value is -3.58. The van der Waals surface area contributed by atoms with Crippen molar-refractivity contribution in [3.05, 3.63) is 83.7 Å². The molecule has 0 spiro atoms. The van der Waals surface area contributed by atoms with Gasteiger partial charge in [-0.3, -0.25) is 15.2 Å². The minimum atomic E-state index is -0.431. The topological polar surface area (TPSA) is 81.8 Å². The number of carbonyl (C=O) groups excluding carboxylic acids is 1. The molecule has 0 radical (unpaired) electrons. The summed E-state index contributed by atoms with van der Waals surface area (Å²) in [7, 11) is 0. The molecular weight excluding hydrogens is 370 g/mol. The first kappa shape index (κ1) is 16.6. The summed E-state index contributed by atoms with van der Waals surface area (Å²) in [6.45, 7) is 0. The van der Waals surface area contributed by atoms with Gasteiger partial charge in [0.1, 0.15) is 5.04 Å². The Balaban J connectivity index is 1.56. The van der Waals surface area contributed by atoms with Crippen LogP contribution in [0.1, 0.15) is 11.1 Å². The first-order chi connectivity index (χ1) is 13.7. The Morgan fingerprint density at radius 3 is 2.75 bits per heavy atom. The maximum absolute atomic E-state index is 12.6. The number of aromatic nitrogens is 1. The molecule has 1 N–H and O–H groups in total. The Kier molecular flexibility index (Phi) is 3.87. The highest BCUT2D eigenvalue weighted by molar-refractivity contribution is 8.27. The van der Waals surface area contributed by atoms with Crippen LogP contribution in [0.3, 0.4) is 0 Å². The van der Waals surface area contributed by atoms with E-state index in [0.717, 1.165) is 21.9 Å². The summed E-state index contributed by atoms with van der Waals surface area (Å²) in [4.78, 5) is 20.9. The molecule has 1 amide bonds. The van der Waals surface area contributed by atoms with Crippen molar-refractivity contribution in [3.8, 4) is 0 Å². The van der Waals surface area contributed by atoms with Crippen LogP contribution < -0.4 is 0 Å². The maximum atomic E-state index is 12.6. The fourth-order valence-corrected chi connectivity index (χ4v) is 4.01. The van der Waals surface area contributed by atoms with Crippen molar-refractivity contribution in [2.75, 3.05) is 0 Å². The van der Waals surface area contributed by atoms with Crippen LogP contribution in [0.25, 0.3) is 16.8 Å². The lowest BCUT2D eigenvalue weighted by Gasteiger charge is -2.20. The Bertz CT molecular complexity index is 1220. The molecule has 2 aromatic carbocycles. The summed E-state index contributed by atoms with van der Waals surface area (Å²) in [5.41, 5.74) is 1.91. The third kappa shape index (κ3) is 2.73. The number of amides is 1. The number of aliphatic imine (C=N–C) groups is 1. The highest BCUT2D eigenvalue weighted by Crippen LogP contribution is 2.31. The van der Waals surface area contributed by atoms with Crippen molar-refractivity contribution in [1.29, 1.82) is 5.41 Å². The second-order valence-corrected chi connectivity index (χ2v) is 7.19. The molecule has 2 aliphatic heterocycles. The number of hydrazone groups is 1. The van der Waals surface area contributed by atoms with E-state index in [4.69, 9.17) is 5.41 Å². The first-order valence-electron chi connectivity index (χ1n) is 8.59. The molecule has 0 unspecified atom stereocenters. The van der Waals surface area contributed by atoms with Gasteiger partial charge in [0, 0.05) is 18.0 Å². The molecule has 6 nitrogen and oxygen atoms in total. The number of benzene rings is 2. The molecular formula is C21H13N5OS. The predicted octanol–water partition coefficient (Wildman–Crippen LogP) is 3.90. The molecule has 0 aliphatic carbocycles. The van der Waals surface area contributed by atoms with Crippen molar-refractivity contribution >= 4 is 50.6 Å². The van der Waals surface area contributed by atoms with E-state index in [0.29, 0.717) is 10.2 Å². The average molecular weight is 383 g/mol. The monoisotopic (exact) mass is 383 g/mol. The van der Waals surface area contributed by atoms with Gasteiger partial charge >= 0.3 is 0 Å². The Labute approximate surface area is 164 Å². The van der Waals surface area contributed by atoms with Gasteiger partial charge in [0.15, 0.2) is 5.84 Å². The summed E-state index contributed by atoms with van der Waals surface area (Å²) < 4.78 is 0. The summed E-state index contributed by atoms with van der Waals surface area (Å²) in [5, 5.41) is 17.6. The number of nitrogens with zero attached hydrogens (tertiary/aromatic N) is 4. The highest BCUT2D eigenvalue weighted by Gasteiger charge is 2.36. The largest absolute Gasteiger partial charge is 0.283 e. The van der Waals surface area contributed by atoms with Crippen molar-refractivity contribution in [2.45, 2.75) is 0 Å². The molecule has 1 aromatic heterocycles. The average Bonchev–Trinajstić information content (AvgIpc) is 3.16. The lowest BCUT2D eigenvalue weighted by atomic mass is 10.0. The molecule has 0 bridgehead atoms. The molecule has 0 saturated carbocycles. The summed E-state index contributed by atoms with van der Waals surface area (Å²) in [5.74, 6) is -0.409. The van der Waals surface area contributed by atoms with Gasteiger partial charge < -0.3 is 0 Å². The van der Waals surface area contributed by atoms with Crippen molar-refractivity contribution in [2.24, 2.45) is 10.1 Å². The van der Waals surface area contributed by atoms with Crippen molar-refractivity contribution < 1.29 is 4.79 Å². The van der Waals surface area contributed by atoms with Crippen LogP contribution in [-0.4, -0.2) is 31.9 Å². The van der Waals surface area contributed by atoms with Crippen LogP contribution in [0.5, 0.6) is 0 Å². The van der Waals surface area contributed by atoms with Gasteiger partial charge in [0.05, 0.1) is 5.57 Å². The smallest absolute Gasteiger partial charge is 0.282 e. The lowest BCUT2D eigenvalue weighted by Crippen LogP contribution is -2.35. The molecule has 0 atom stereocenters. The van der Waals surface area contributed by atoms with Crippen LogP contribution in [0.2, 0.25) is 0 Å². The number of amidine groups is 2. The van der Waals surface area contributed by atoms with Gasteiger partial charge in [-0.25, -0.2) is 0 Å². The number of hydrogen-bond acceptors (Lipinski definition) is 5. The van der Waals surface area contributed by atoms with Crippen LogP contribution in [0.15, 0.2) is 82.7 Å². The summed E-state index contributed by atoms with van der Waals surface area (Å²) in [6.07, 6.45) is 5.10. The molecule has 28 heavy (non-hydrogen) atoms. The van der Waals surface area contributed by atoms with Gasteiger partial charge in [0.2, 0.25) is 5.17 Å². The van der Waals surface area contributed by atoms with E-state index in [1.165, 1.54) is 16.8 Å². The van der Waals surface area contributed by atoms with Crippen LogP contribution >= 0.6 is 11.8 Å². The normalized spacial score (nSPS) is 17.7. The van der Waals surface area contributed by atoms with Gasteiger partial charge in [-0.1, -0.05) is 42.5 Å². The zero-order valence-corrected chi connectivity index (χ0v) is 15.4. The van der Waals surface area contributed by atoms with E-state index in [2.05, 4.69) is 15.1 Å². The number of rotatable bonds is 2. The number of carbonyl (C=O) groups is 1. The molecule has 0 fully saturated rings. The number of thioether (sulfide) groups is 1. The molecule has 3 aromatic rings. The molecule has 5 rings (SSSR count). The maximum Gasteiger partial charge on any atom is 0.283 e. The second-order valence-electron chi connectivity index (χ2n) is 6.24. The Morgan fingerprint density at radius 2 is 1.89 bits per heavy atom. The minimum absolute atomic E-state index is 0.0225. The highest BCUT2D eigenvalue weighted by atomic mass is 32.2. The predicted molar refractivity (Wildman–Crippen MR) is 112 cm³/mol. The number of nitrogens with one attached hydrogen (secondary N) is 1. The lowest BCUT2D eigenvalue weighted by molar-refractivity contribution is -0.114. The fourth-order valence-electron chi connectivity index (χ4n) is 3.13. The van der Waals surface area contributed by atoms with E-state index in [9.17, 15) is 4.79 Å². The van der Waals surface area contributed by atoms with Crippen LogP contribution in [0.4, 0.5) is 0 Å². The summed E-state index contributed by atoms with van der Waals surface area (Å²) in [6, 6.07) is 17.5. The number of hydrogen-bond donors (Lipinski definition) is 1. The van der Waals surface area contributed by atoms with E-state index in [-0.39, 0.29) is 11.4 Å². The van der Waals surface area contributed by atoms with E-state index < -0.39 is 5.91 Å². The van der Waals surface area contributed by atoms with Gasteiger partial charge in [-0.2, -0.15) is 15.1 Å². The van der Waals surface area contributed by atoms with Crippen LogP contribution in [-0.2, 0) is 4.79 Å². The fraction of sp³-hybridized carbons (Fsp3) is 0. The second kappa shape index (κ2) is 6.54. The standard InChI is InChI=1S/C21H13N5OS/c22-18-17(11-14-7-3-6-13-5-1-2-9-16(13)14)19(27)24-21-26(18)25-20(28-21)15-8-4-10-23-12-15/h1-12,22H. The van der Waals surface area contributed by atoms with Gasteiger partial charge in [0.25, 0.3) is 5.91 Å². The third-order valence-electron chi connectivity index (χ3n) is 4.49. The van der Waals surface area contributed by atoms with E-state index in [1.54, 1.807) is 18.5 Å². The molecule has 0 saturated heterocycles. The summed E-state index contributed by atoms with van der Waals surface area (Å²) >= 11 is 1.26. The van der Waals surface area contributed by atoms with Crippen LogP contribution in [0, 0.1) is 5.41 Å². The number of pyridine rings is 1. The SMILES string of the molecule is N=C1C(=Cc2cccc3ccccc23)C(=O)N=C2SC(c3cccnc3)=NN12. The van der Waals surface area contributed by atoms with E-state index in [1.807, 2.05) is 54.6 Å². The molecule has 2 aliphatic rings. The van der Waals surface area contributed by atoms with Crippen molar-refractivity contribution in [3.63, 3.8) is 0 Å². The van der Waals surface area contributed by atoms with E-state index >= 15 is 0 Å². The first-order valence-corrected chi connectivity index (χ1v) is 9.41. The van der Waals surface area contributed by atoms with Crippen molar-refractivity contribution in [1.82, 2.24) is 9.99 Å². The zero-order valence-electron chi connectivity index (χ0n) is 14.5. The molecule has 134 valence electrons.